The molecular formula is C12H15F7O2. The Morgan fingerprint density at radius 2 is 1.57 bits per heavy atom. The minimum atomic E-state index is -6.54. The fourth-order valence-corrected chi connectivity index (χ4v) is 2.31. The van der Waals surface area contributed by atoms with Gasteiger partial charge >= 0.3 is 24.0 Å². The van der Waals surface area contributed by atoms with Crippen molar-refractivity contribution in [2.24, 2.45) is 5.92 Å². The molecule has 9 heteroatoms. The average Bonchev–Trinajstić information content (AvgIpc) is 2.37. The highest BCUT2D eigenvalue weighted by Crippen LogP contribution is 2.47. The second kappa shape index (κ2) is 6.00. The molecule has 0 amide bonds. The Hall–Kier alpha value is -1.02. The van der Waals surface area contributed by atoms with Crippen LogP contribution in [-0.2, 0) is 9.53 Å². The van der Waals surface area contributed by atoms with E-state index in [0.29, 0.717) is 19.3 Å². The van der Waals surface area contributed by atoms with Gasteiger partial charge < -0.3 is 4.74 Å². The van der Waals surface area contributed by atoms with Crippen LogP contribution < -0.4 is 0 Å². The van der Waals surface area contributed by atoms with Crippen LogP contribution in [0.25, 0.3) is 0 Å². The quantitative estimate of drug-likeness (QED) is 0.568. The molecule has 0 spiro atoms. The molecule has 2 nitrogen and oxygen atoms in total. The van der Waals surface area contributed by atoms with E-state index < -0.39 is 30.1 Å². The summed E-state index contributed by atoms with van der Waals surface area (Å²) in [6.45, 7) is 1.69. The average molecular weight is 324 g/mol. The van der Waals surface area contributed by atoms with Crippen molar-refractivity contribution in [1.82, 2.24) is 0 Å². The summed E-state index contributed by atoms with van der Waals surface area (Å²) < 4.78 is 91.9. The highest BCUT2D eigenvalue weighted by molar-refractivity contribution is 5.79. The van der Waals surface area contributed by atoms with Gasteiger partial charge in [-0.1, -0.05) is 13.3 Å². The third kappa shape index (κ3) is 3.42. The Labute approximate surface area is 116 Å². The second-order valence-corrected chi connectivity index (χ2v) is 5.04. The number of esters is 1. The summed E-state index contributed by atoms with van der Waals surface area (Å²) >= 11 is 0. The van der Waals surface area contributed by atoms with Crippen molar-refractivity contribution in [3.63, 3.8) is 0 Å². The Bertz CT molecular complexity index is 378. The van der Waals surface area contributed by atoms with Crippen LogP contribution in [0.5, 0.6) is 0 Å². The first kappa shape index (κ1) is 18.0. The van der Waals surface area contributed by atoms with E-state index in [1.54, 1.807) is 6.92 Å². The van der Waals surface area contributed by atoms with E-state index >= 15 is 0 Å². The van der Waals surface area contributed by atoms with Crippen LogP contribution in [0.2, 0.25) is 0 Å². The molecule has 0 N–H and O–H groups in total. The van der Waals surface area contributed by atoms with E-state index in [-0.39, 0.29) is 12.3 Å². The summed E-state index contributed by atoms with van der Waals surface area (Å²) in [6, 6.07) is 0. The van der Waals surface area contributed by atoms with E-state index in [9.17, 15) is 35.5 Å². The van der Waals surface area contributed by atoms with Crippen LogP contribution in [-0.4, -0.2) is 30.1 Å². The number of rotatable bonds is 4. The lowest BCUT2D eigenvalue weighted by atomic mass is 9.85. The van der Waals surface area contributed by atoms with Crippen molar-refractivity contribution in [3.8, 4) is 0 Å². The van der Waals surface area contributed by atoms with E-state index in [0.717, 1.165) is 6.42 Å². The van der Waals surface area contributed by atoms with Crippen LogP contribution >= 0.6 is 0 Å². The lowest BCUT2D eigenvalue weighted by Gasteiger charge is -2.33. The van der Waals surface area contributed by atoms with Crippen LogP contribution in [0.1, 0.15) is 39.0 Å². The van der Waals surface area contributed by atoms with Crippen LogP contribution in [0.3, 0.4) is 0 Å². The number of ether oxygens (including phenoxy) is 1. The van der Waals surface area contributed by atoms with Crippen LogP contribution in [0, 0.1) is 5.92 Å². The van der Waals surface area contributed by atoms with Crippen LogP contribution in [0.15, 0.2) is 0 Å². The minimum absolute atomic E-state index is 0.178. The Morgan fingerprint density at radius 3 is 2.05 bits per heavy atom. The molecule has 0 bridgehead atoms. The van der Waals surface area contributed by atoms with Crippen molar-refractivity contribution in [1.29, 1.82) is 0 Å². The van der Waals surface area contributed by atoms with Crippen LogP contribution in [0.4, 0.5) is 30.7 Å². The zero-order chi connectivity index (χ0) is 16.5. The minimum Gasteiger partial charge on any atom is -0.457 e. The summed E-state index contributed by atoms with van der Waals surface area (Å²) in [4.78, 5) is 11.1. The molecule has 0 saturated heterocycles. The molecule has 1 fully saturated rings. The number of hydrogen-bond acceptors (Lipinski definition) is 2. The maximum absolute atomic E-state index is 13.1. The molecule has 21 heavy (non-hydrogen) atoms. The summed E-state index contributed by atoms with van der Waals surface area (Å²) in [5, 5.41) is 0. The molecule has 0 aromatic rings. The Kier molecular flexibility index (Phi) is 5.15. The van der Waals surface area contributed by atoms with Gasteiger partial charge in [-0.15, -0.1) is 0 Å². The largest absolute Gasteiger partial charge is 0.460 e. The molecule has 0 aromatic heterocycles. The molecule has 1 saturated carbocycles. The van der Waals surface area contributed by atoms with Gasteiger partial charge in [0.15, 0.2) is 0 Å². The maximum atomic E-state index is 13.1. The topological polar surface area (TPSA) is 26.3 Å². The standard InChI is InChI=1S/C12H15F7O2/c1-2-7-5-3-4-6-8(7)21-9(20)10(13,14)11(15,16)12(17,18)19/h7-8H,2-6H2,1H3. The predicted octanol–water partition coefficient (Wildman–Crippen LogP) is 4.33. The van der Waals surface area contributed by atoms with Crippen molar-refractivity contribution >= 4 is 5.97 Å². The highest BCUT2D eigenvalue weighted by atomic mass is 19.4. The lowest BCUT2D eigenvalue weighted by Crippen LogP contribution is -2.57. The summed E-state index contributed by atoms with van der Waals surface area (Å²) in [5.74, 6) is -15.5. The Morgan fingerprint density at radius 1 is 1.05 bits per heavy atom. The lowest BCUT2D eigenvalue weighted by molar-refractivity contribution is -0.349. The van der Waals surface area contributed by atoms with Crippen molar-refractivity contribution < 1.29 is 40.3 Å². The monoisotopic (exact) mass is 324 g/mol. The molecule has 1 aliphatic carbocycles. The van der Waals surface area contributed by atoms with Gasteiger partial charge in [-0.05, 0) is 31.6 Å². The van der Waals surface area contributed by atoms with E-state index in [2.05, 4.69) is 4.74 Å². The molecule has 0 aliphatic heterocycles. The van der Waals surface area contributed by atoms with Gasteiger partial charge in [0.25, 0.3) is 0 Å². The summed E-state index contributed by atoms with van der Waals surface area (Å²) in [5.41, 5.74) is 0. The van der Waals surface area contributed by atoms with Gasteiger partial charge in [-0.3, -0.25) is 0 Å². The van der Waals surface area contributed by atoms with E-state index in [1.807, 2.05) is 0 Å². The Balaban J connectivity index is 2.86. The van der Waals surface area contributed by atoms with Crippen molar-refractivity contribution in [2.45, 2.75) is 63.2 Å². The zero-order valence-electron chi connectivity index (χ0n) is 11.2. The normalized spacial score (nSPS) is 24.8. The first-order chi connectivity index (χ1) is 9.45. The third-order valence-corrected chi connectivity index (χ3v) is 3.63. The number of alkyl halides is 7. The highest BCUT2D eigenvalue weighted by Gasteiger charge is 2.77. The predicted molar refractivity (Wildman–Crippen MR) is 58.1 cm³/mol. The van der Waals surface area contributed by atoms with Crippen molar-refractivity contribution in [2.75, 3.05) is 0 Å². The van der Waals surface area contributed by atoms with Gasteiger partial charge in [-0.25, -0.2) is 4.79 Å². The number of hydrogen-bond donors (Lipinski definition) is 0. The second-order valence-electron chi connectivity index (χ2n) is 5.04. The van der Waals surface area contributed by atoms with Gasteiger partial charge in [0.05, 0.1) is 0 Å². The third-order valence-electron chi connectivity index (χ3n) is 3.63. The smallest absolute Gasteiger partial charge is 0.457 e. The summed E-state index contributed by atoms with van der Waals surface area (Å²) in [7, 11) is 0. The molecule has 0 aromatic carbocycles. The fourth-order valence-electron chi connectivity index (χ4n) is 2.31. The molecule has 2 atom stereocenters. The summed E-state index contributed by atoms with van der Waals surface area (Å²) in [6.07, 6.45) is -5.10. The molecule has 0 radical (unpaired) electrons. The molecular weight excluding hydrogens is 309 g/mol. The zero-order valence-corrected chi connectivity index (χ0v) is 11.2. The molecule has 2 unspecified atom stereocenters. The fraction of sp³-hybridized carbons (Fsp3) is 0.917. The molecule has 1 rings (SSSR count). The molecule has 124 valence electrons. The van der Waals surface area contributed by atoms with E-state index in [4.69, 9.17) is 0 Å². The first-order valence-electron chi connectivity index (χ1n) is 6.48. The first-order valence-corrected chi connectivity index (χ1v) is 6.48. The maximum Gasteiger partial charge on any atom is 0.460 e. The van der Waals surface area contributed by atoms with Gasteiger partial charge in [-0.2, -0.15) is 30.7 Å². The van der Waals surface area contributed by atoms with Gasteiger partial charge in [0.1, 0.15) is 6.10 Å². The molecule has 0 heterocycles. The van der Waals surface area contributed by atoms with Gasteiger partial charge in [0, 0.05) is 0 Å². The van der Waals surface area contributed by atoms with E-state index in [1.165, 1.54) is 0 Å². The number of carbonyl (C=O) groups is 1. The SMILES string of the molecule is CCC1CCCCC1OC(=O)C(F)(F)C(F)(F)C(F)(F)F. The van der Waals surface area contributed by atoms with Gasteiger partial charge in [0.2, 0.25) is 0 Å². The van der Waals surface area contributed by atoms with Crippen molar-refractivity contribution in [3.05, 3.63) is 0 Å². The number of carbonyl (C=O) groups excluding carboxylic acids is 1. The molecule has 1 aliphatic rings. The number of halogens is 7.